The van der Waals surface area contributed by atoms with Gasteiger partial charge in [0.2, 0.25) is 11.8 Å². The van der Waals surface area contributed by atoms with E-state index in [4.69, 9.17) is 17.0 Å². The molecule has 314 valence electrons. The number of carbonyl (C=O) groups excluding carboxylic acids is 4. The number of aliphatic hydroxyl groups excluding tert-OH is 1. The minimum Gasteiger partial charge on any atom is -0.465 e. The summed E-state index contributed by atoms with van der Waals surface area (Å²) in [4.78, 5) is 67.3. The number of rotatable bonds is 11. The molecule has 0 unspecified atom stereocenters. The van der Waals surface area contributed by atoms with Gasteiger partial charge in [-0.1, -0.05) is 45.0 Å². The number of pyridine rings is 1. The maximum absolute atomic E-state index is 15.5. The van der Waals surface area contributed by atoms with Crippen molar-refractivity contribution in [3.63, 3.8) is 0 Å². The smallest absolute Gasteiger partial charge is 0.259 e. The number of carbonyl (C=O) groups is 4. The van der Waals surface area contributed by atoms with Crippen LogP contribution < -0.4 is 25.2 Å². The number of nitrogens with one attached hydrogen (secondary N) is 2. The third kappa shape index (κ3) is 8.56. The van der Waals surface area contributed by atoms with E-state index in [0.717, 1.165) is 32.7 Å². The number of halogens is 2. The van der Waals surface area contributed by atoms with E-state index in [1.165, 1.54) is 60.2 Å². The summed E-state index contributed by atoms with van der Waals surface area (Å²) in [5.41, 5.74) is 2.30. The number of thiazole rings is 1. The molecule has 2 aromatic carbocycles. The summed E-state index contributed by atoms with van der Waals surface area (Å²) in [6.07, 6.45) is 0.227. The lowest BCUT2D eigenvalue weighted by Crippen LogP contribution is -2.58. The number of β-amino-alcohol motifs (C(OH)–C–C–N with tert-alkyl or cyclic N) is 1. The Hall–Kier alpha value is -5.90. The standard InChI is InChI=1S/C42H44F2N8O6S2/c1-22-26(16-45)12-13-30(33(22)44)51-39(57)42(6,7)52(40(51)59)27-14-29(43)37(47-18-27)58-20-32(54)49-35(41(3,4)5)38(56)50-19-28(53)15-31(50)36(55)46-17-24-8-10-25(11-9-24)34-23(2)48-21-60-34/h8-14,18,21,28,31,35,53H,15,17,19-20H2,1-7H3,(H,46,55)(H,49,54)/t28-,31+,35-/m1/s1. The highest BCUT2D eigenvalue weighted by molar-refractivity contribution is 7.81. The Morgan fingerprint density at radius 2 is 1.83 bits per heavy atom. The third-order valence-corrected chi connectivity index (χ3v) is 11.8. The molecule has 18 heteroatoms. The molecule has 3 N–H and O–H groups in total. The summed E-state index contributed by atoms with van der Waals surface area (Å²) in [5, 5.41) is 25.2. The van der Waals surface area contributed by atoms with Crippen molar-refractivity contribution >= 4 is 63.7 Å². The first-order valence-corrected chi connectivity index (χ1v) is 20.2. The second-order valence-electron chi connectivity index (χ2n) is 16.2. The van der Waals surface area contributed by atoms with Gasteiger partial charge in [-0.25, -0.2) is 18.7 Å². The van der Waals surface area contributed by atoms with Gasteiger partial charge in [0.1, 0.15) is 17.6 Å². The van der Waals surface area contributed by atoms with E-state index in [2.05, 4.69) is 20.6 Å². The van der Waals surface area contributed by atoms with Gasteiger partial charge in [0.15, 0.2) is 23.4 Å². The Morgan fingerprint density at radius 1 is 1.13 bits per heavy atom. The number of likely N-dealkylation sites (tertiary alicyclic amines) is 1. The van der Waals surface area contributed by atoms with Crippen LogP contribution in [0.15, 0.2) is 54.2 Å². The number of anilines is 2. The molecule has 2 aliphatic heterocycles. The maximum atomic E-state index is 15.5. The summed E-state index contributed by atoms with van der Waals surface area (Å²) in [6, 6.07) is 11.1. The molecule has 6 rings (SSSR count). The Kier molecular flexibility index (Phi) is 12.4. The molecule has 0 saturated carbocycles. The maximum Gasteiger partial charge on any atom is 0.259 e. The van der Waals surface area contributed by atoms with Crippen molar-refractivity contribution in [1.29, 1.82) is 5.26 Å². The molecular weight excluding hydrogens is 815 g/mol. The van der Waals surface area contributed by atoms with Crippen LogP contribution in [0.25, 0.3) is 10.4 Å². The second kappa shape index (κ2) is 17.0. The van der Waals surface area contributed by atoms with Crippen LogP contribution in [0, 0.1) is 42.2 Å². The number of nitrogens with zero attached hydrogens (tertiary/aromatic N) is 6. The van der Waals surface area contributed by atoms with Crippen molar-refractivity contribution in [2.24, 2.45) is 5.41 Å². The van der Waals surface area contributed by atoms with Crippen LogP contribution in [0.3, 0.4) is 0 Å². The van der Waals surface area contributed by atoms with Gasteiger partial charge in [-0.15, -0.1) is 11.3 Å². The fourth-order valence-corrected chi connectivity index (χ4v) is 8.49. The molecule has 4 amide bonds. The molecule has 0 aliphatic carbocycles. The monoisotopic (exact) mass is 858 g/mol. The lowest BCUT2D eigenvalue weighted by Gasteiger charge is -2.35. The fraction of sp³-hybridized carbons (Fsp3) is 0.381. The molecule has 2 fully saturated rings. The summed E-state index contributed by atoms with van der Waals surface area (Å²) in [5.74, 6) is -4.79. The molecule has 4 heterocycles. The molecule has 0 radical (unpaired) electrons. The van der Waals surface area contributed by atoms with Gasteiger partial charge in [-0.2, -0.15) is 5.26 Å². The summed E-state index contributed by atoms with van der Waals surface area (Å²) in [7, 11) is 0. The molecule has 2 aromatic heterocycles. The van der Waals surface area contributed by atoms with Crippen LogP contribution in [-0.2, 0) is 25.7 Å². The first kappa shape index (κ1) is 43.7. The van der Waals surface area contributed by atoms with E-state index in [1.807, 2.05) is 37.3 Å². The molecular formula is C42H44F2N8O6S2. The van der Waals surface area contributed by atoms with E-state index in [-0.39, 0.29) is 47.1 Å². The molecule has 60 heavy (non-hydrogen) atoms. The van der Waals surface area contributed by atoms with Crippen LogP contribution in [0.4, 0.5) is 20.2 Å². The predicted molar refractivity (Wildman–Crippen MR) is 224 cm³/mol. The number of thiocarbonyl (C=S) groups is 1. The average Bonchev–Trinajstić information content (AvgIpc) is 3.86. The first-order valence-electron chi connectivity index (χ1n) is 19.0. The highest BCUT2D eigenvalue weighted by Crippen LogP contribution is 2.39. The van der Waals surface area contributed by atoms with Gasteiger partial charge >= 0.3 is 0 Å². The summed E-state index contributed by atoms with van der Waals surface area (Å²) in [6.45, 7) is 10.9. The zero-order chi connectivity index (χ0) is 43.8. The van der Waals surface area contributed by atoms with Crippen molar-refractivity contribution in [3.8, 4) is 22.4 Å². The quantitative estimate of drug-likeness (QED) is 0.171. The molecule has 2 aliphatic rings. The Bertz CT molecular complexity index is 2410. The molecule has 2 saturated heterocycles. The number of aromatic nitrogens is 2. The van der Waals surface area contributed by atoms with Crippen LogP contribution >= 0.6 is 23.6 Å². The van der Waals surface area contributed by atoms with Crippen molar-refractivity contribution in [3.05, 3.63) is 88.2 Å². The SMILES string of the molecule is Cc1ncsc1-c1ccc(CNC(=O)[C@@H]2C[C@@H](O)CN2C(=O)[C@@H](NC(=O)COc2ncc(N3C(=S)N(c4ccc(C#N)c(C)c4F)C(=O)C3(C)C)cc2F)C(C)(C)C)cc1. The number of benzene rings is 2. The summed E-state index contributed by atoms with van der Waals surface area (Å²) < 4.78 is 36.3. The van der Waals surface area contributed by atoms with Crippen LogP contribution in [-0.4, -0.2) is 85.6 Å². The highest BCUT2D eigenvalue weighted by atomic mass is 32.1. The predicted octanol–water partition coefficient (Wildman–Crippen LogP) is 5.08. The van der Waals surface area contributed by atoms with E-state index >= 15 is 8.78 Å². The molecule has 3 atom stereocenters. The number of hydrogen-bond donors (Lipinski definition) is 3. The lowest BCUT2D eigenvalue weighted by molar-refractivity contribution is -0.144. The van der Waals surface area contributed by atoms with Gasteiger partial charge in [-0.05, 0) is 68.6 Å². The van der Waals surface area contributed by atoms with E-state index < -0.39 is 76.9 Å². The number of hydrogen-bond acceptors (Lipinski definition) is 11. The average molecular weight is 859 g/mol. The number of aryl methyl sites for hydroxylation is 1. The second-order valence-corrected chi connectivity index (χ2v) is 17.4. The lowest BCUT2D eigenvalue weighted by atomic mass is 9.85. The van der Waals surface area contributed by atoms with Crippen molar-refractivity contribution in [2.45, 2.75) is 85.2 Å². The van der Waals surface area contributed by atoms with Gasteiger partial charge in [-0.3, -0.25) is 24.1 Å². The number of amides is 4. The number of ether oxygens (including phenoxy) is 1. The van der Waals surface area contributed by atoms with Gasteiger partial charge in [0.05, 0.1) is 51.4 Å². The minimum atomic E-state index is -1.41. The number of aliphatic hydroxyl groups is 1. The van der Waals surface area contributed by atoms with Crippen molar-refractivity contribution in [2.75, 3.05) is 23.0 Å². The topological polar surface area (TPSA) is 181 Å². The normalized spacial score (nSPS) is 18.1. The van der Waals surface area contributed by atoms with Crippen LogP contribution in [0.2, 0.25) is 0 Å². The first-order chi connectivity index (χ1) is 28.2. The van der Waals surface area contributed by atoms with Gasteiger partial charge < -0.3 is 30.3 Å². The van der Waals surface area contributed by atoms with Crippen molar-refractivity contribution in [1.82, 2.24) is 25.5 Å². The van der Waals surface area contributed by atoms with Gasteiger partial charge in [0, 0.05) is 31.1 Å². The Balaban J connectivity index is 1.09. The van der Waals surface area contributed by atoms with Crippen LogP contribution in [0.5, 0.6) is 5.88 Å². The molecule has 4 aromatic rings. The van der Waals surface area contributed by atoms with Crippen LogP contribution in [0.1, 0.15) is 63.4 Å². The largest absolute Gasteiger partial charge is 0.465 e. The van der Waals surface area contributed by atoms with Crippen molar-refractivity contribution < 1.29 is 37.8 Å². The van der Waals surface area contributed by atoms with E-state index in [0.29, 0.717) is 0 Å². The minimum absolute atomic E-state index is 0.00749. The molecule has 0 bridgehead atoms. The Labute approximate surface area is 355 Å². The zero-order valence-electron chi connectivity index (χ0n) is 34.0. The molecule has 14 nitrogen and oxygen atoms in total. The third-order valence-electron chi connectivity index (χ3n) is 10.5. The highest BCUT2D eigenvalue weighted by Gasteiger charge is 2.51. The van der Waals surface area contributed by atoms with E-state index in [1.54, 1.807) is 26.3 Å². The van der Waals surface area contributed by atoms with Gasteiger partial charge in [0.25, 0.3) is 17.7 Å². The van der Waals surface area contributed by atoms with E-state index in [9.17, 15) is 29.5 Å². The summed E-state index contributed by atoms with van der Waals surface area (Å²) >= 11 is 7.12. The Morgan fingerprint density at radius 3 is 2.45 bits per heavy atom. The zero-order valence-corrected chi connectivity index (χ0v) is 35.6. The fourth-order valence-electron chi connectivity index (χ4n) is 7.17. The molecule has 0 spiro atoms. The number of nitriles is 1.